The molecule has 1 N–H and O–H groups in total. The summed E-state index contributed by atoms with van der Waals surface area (Å²) in [4.78, 5) is 29.8. The quantitative estimate of drug-likeness (QED) is 0.716. The molecule has 1 aromatic heterocycles. The van der Waals surface area contributed by atoms with E-state index in [1.54, 1.807) is 12.1 Å². The van der Waals surface area contributed by atoms with Crippen molar-refractivity contribution in [2.45, 2.75) is 32.7 Å². The Morgan fingerprint density at radius 3 is 2.41 bits per heavy atom. The highest BCUT2D eigenvalue weighted by Crippen LogP contribution is 2.30. The number of hydrogen-bond donors (Lipinski definition) is 1. The van der Waals surface area contributed by atoms with Crippen molar-refractivity contribution in [2.24, 2.45) is 0 Å². The summed E-state index contributed by atoms with van der Waals surface area (Å²) in [5, 5.41) is 3.27. The normalized spacial score (nSPS) is 11.3. The fourth-order valence-electron chi connectivity index (χ4n) is 3.19. The van der Waals surface area contributed by atoms with Gasteiger partial charge in [0.25, 0.3) is 5.56 Å². The number of para-hydroxylation sites is 1. The molecule has 152 valence electrons. The lowest BCUT2D eigenvalue weighted by atomic mass is 9.86. The van der Waals surface area contributed by atoms with E-state index in [9.17, 15) is 9.59 Å². The molecular formula is C22H25N3O4. The van der Waals surface area contributed by atoms with E-state index in [1.165, 1.54) is 25.1 Å². The van der Waals surface area contributed by atoms with Crippen LogP contribution in [0.15, 0.2) is 47.5 Å². The van der Waals surface area contributed by atoms with Crippen LogP contribution in [0.3, 0.4) is 0 Å². The molecule has 0 spiro atoms. The van der Waals surface area contributed by atoms with Gasteiger partial charge < -0.3 is 14.8 Å². The van der Waals surface area contributed by atoms with Crippen LogP contribution in [0.25, 0.3) is 10.9 Å². The maximum absolute atomic E-state index is 12.9. The SMILES string of the molecule is COc1cc2ncn(CC(=O)Nc3ccccc3C(C)(C)C)c(=O)c2cc1OC. The zero-order valence-corrected chi connectivity index (χ0v) is 17.3. The number of hydrogen-bond acceptors (Lipinski definition) is 5. The van der Waals surface area contributed by atoms with E-state index in [0.717, 1.165) is 11.3 Å². The molecule has 0 radical (unpaired) electrons. The summed E-state index contributed by atoms with van der Waals surface area (Å²) < 4.78 is 11.8. The lowest BCUT2D eigenvalue weighted by Gasteiger charge is -2.23. The van der Waals surface area contributed by atoms with Gasteiger partial charge in [-0.25, -0.2) is 4.98 Å². The fourth-order valence-corrected chi connectivity index (χ4v) is 3.19. The Morgan fingerprint density at radius 2 is 1.76 bits per heavy atom. The number of benzene rings is 2. The van der Waals surface area contributed by atoms with Crippen molar-refractivity contribution in [3.05, 3.63) is 58.6 Å². The second-order valence-electron chi connectivity index (χ2n) is 7.75. The van der Waals surface area contributed by atoms with Gasteiger partial charge in [-0.15, -0.1) is 0 Å². The third kappa shape index (κ3) is 4.23. The minimum atomic E-state index is -0.324. The molecule has 3 aromatic rings. The van der Waals surface area contributed by atoms with Crippen LogP contribution in [0.5, 0.6) is 11.5 Å². The van der Waals surface area contributed by atoms with Gasteiger partial charge in [-0.1, -0.05) is 39.0 Å². The molecule has 1 amide bonds. The molecule has 0 aliphatic rings. The number of rotatable bonds is 5. The Kier molecular flexibility index (Phi) is 5.59. The minimum absolute atomic E-state index is 0.124. The number of methoxy groups -OCH3 is 2. The molecule has 0 unspecified atom stereocenters. The van der Waals surface area contributed by atoms with Gasteiger partial charge >= 0.3 is 0 Å². The van der Waals surface area contributed by atoms with Gasteiger partial charge in [0.2, 0.25) is 5.91 Å². The average Bonchev–Trinajstić information content (AvgIpc) is 2.68. The van der Waals surface area contributed by atoms with Crippen LogP contribution in [-0.4, -0.2) is 29.7 Å². The van der Waals surface area contributed by atoms with Crippen LogP contribution in [-0.2, 0) is 16.8 Å². The monoisotopic (exact) mass is 395 g/mol. The van der Waals surface area contributed by atoms with Crippen molar-refractivity contribution < 1.29 is 14.3 Å². The molecule has 2 aromatic carbocycles. The smallest absolute Gasteiger partial charge is 0.261 e. The topological polar surface area (TPSA) is 82.5 Å². The van der Waals surface area contributed by atoms with Gasteiger partial charge in [0.1, 0.15) is 6.54 Å². The third-order valence-corrected chi connectivity index (χ3v) is 4.65. The number of nitrogens with one attached hydrogen (secondary N) is 1. The Labute approximate surface area is 169 Å². The van der Waals surface area contributed by atoms with Crippen LogP contribution in [0.1, 0.15) is 26.3 Å². The molecule has 0 fully saturated rings. The summed E-state index contributed by atoms with van der Waals surface area (Å²) in [6, 6.07) is 10.9. The van der Waals surface area contributed by atoms with Crippen LogP contribution in [0.4, 0.5) is 5.69 Å². The summed E-state index contributed by atoms with van der Waals surface area (Å²) in [5.41, 5.74) is 1.78. The van der Waals surface area contributed by atoms with Crippen LogP contribution < -0.4 is 20.3 Å². The van der Waals surface area contributed by atoms with Crippen molar-refractivity contribution in [1.29, 1.82) is 0 Å². The van der Waals surface area contributed by atoms with Crippen molar-refractivity contribution in [1.82, 2.24) is 9.55 Å². The van der Waals surface area contributed by atoms with Gasteiger partial charge in [0, 0.05) is 11.8 Å². The van der Waals surface area contributed by atoms with E-state index in [0.29, 0.717) is 22.4 Å². The summed E-state index contributed by atoms with van der Waals surface area (Å²) in [5.74, 6) is 0.617. The number of fused-ring (bicyclic) bond motifs is 1. The van der Waals surface area contributed by atoms with Gasteiger partial charge in [-0.05, 0) is 23.1 Å². The Morgan fingerprint density at radius 1 is 1.10 bits per heavy atom. The van der Waals surface area contributed by atoms with Crippen molar-refractivity contribution >= 4 is 22.5 Å². The second kappa shape index (κ2) is 7.95. The van der Waals surface area contributed by atoms with E-state index in [4.69, 9.17) is 9.47 Å². The number of anilines is 1. The molecular weight excluding hydrogens is 370 g/mol. The van der Waals surface area contributed by atoms with Gasteiger partial charge in [0.15, 0.2) is 11.5 Å². The molecule has 0 bridgehead atoms. The fraction of sp³-hybridized carbons (Fsp3) is 0.318. The first-order chi connectivity index (χ1) is 13.7. The van der Waals surface area contributed by atoms with Crippen LogP contribution in [0.2, 0.25) is 0 Å². The molecule has 0 atom stereocenters. The van der Waals surface area contributed by atoms with E-state index < -0.39 is 0 Å². The number of amides is 1. The Balaban J connectivity index is 1.90. The Bertz CT molecular complexity index is 1110. The lowest BCUT2D eigenvalue weighted by Crippen LogP contribution is -2.28. The molecule has 0 saturated carbocycles. The molecule has 29 heavy (non-hydrogen) atoms. The molecule has 1 heterocycles. The van der Waals surface area contributed by atoms with E-state index in [2.05, 4.69) is 31.1 Å². The predicted octanol–water partition coefficient (Wildman–Crippen LogP) is 3.35. The summed E-state index contributed by atoms with van der Waals surface area (Å²) in [6.07, 6.45) is 1.37. The number of carbonyl (C=O) groups is 1. The lowest BCUT2D eigenvalue weighted by molar-refractivity contribution is -0.116. The summed E-state index contributed by atoms with van der Waals surface area (Å²) in [6.45, 7) is 6.10. The predicted molar refractivity (Wildman–Crippen MR) is 113 cm³/mol. The van der Waals surface area contributed by atoms with Crippen LogP contribution in [0, 0.1) is 0 Å². The van der Waals surface area contributed by atoms with E-state index in [1.807, 2.05) is 24.3 Å². The molecule has 7 nitrogen and oxygen atoms in total. The average molecular weight is 395 g/mol. The van der Waals surface area contributed by atoms with Gasteiger partial charge in [-0.3, -0.25) is 14.2 Å². The zero-order valence-electron chi connectivity index (χ0n) is 17.3. The zero-order chi connectivity index (χ0) is 21.2. The Hall–Kier alpha value is -3.35. The van der Waals surface area contributed by atoms with Crippen molar-refractivity contribution in [2.75, 3.05) is 19.5 Å². The van der Waals surface area contributed by atoms with Crippen molar-refractivity contribution in [3.63, 3.8) is 0 Å². The van der Waals surface area contributed by atoms with Gasteiger partial charge in [-0.2, -0.15) is 0 Å². The minimum Gasteiger partial charge on any atom is -0.493 e. The maximum atomic E-state index is 12.9. The number of ether oxygens (including phenoxy) is 2. The first-order valence-corrected chi connectivity index (χ1v) is 9.25. The highest BCUT2D eigenvalue weighted by atomic mass is 16.5. The standard InChI is InChI=1S/C22H25N3O4/c1-22(2,3)15-8-6-7-9-16(15)24-20(26)12-25-13-23-17-11-19(29-5)18(28-4)10-14(17)21(25)27/h6-11,13H,12H2,1-5H3,(H,24,26). The summed E-state index contributed by atoms with van der Waals surface area (Å²) >= 11 is 0. The largest absolute Gasteiger partial charge is 0.493 e. The first kappa shape index (κ1) is 20.4. The summed E-state index contributed by atoms with van der Waals surface area (Å²) in [7, 11) is 3.02. The van der Waals surface area contributed by atoms with E-state index in [-0.39, 0.29) is 23.4 Å². The number of nitrogens with zero attached hydrogens (tertiary/aromatic N) is 2. The van der Waals surface area contributed by atoms with Gasteiger partial charge in [0.05, 0.1) is 31.4 Å². The molecule has 0 aliphatic carbocycles. The molecule has 7 heteroatoms. The second-order valence-corrected chi connectivity index (χ2v) is 7.75. The molecule has 0 saturated heterocycles. The highest BCUT2D eigenvalue weighted by Gasteiger charge is 2.19. The number of carbonyl (C=O) groups excluding carboxylic acids is 1. The maximum Gasteiger partial charge on any atom is 0.261 e. The van der Waals surface area contributed by atoms with Crippen LogP contribution >= 0.6 is 0 Å². The molecule has 3 rings (SSSR count). The van der Waals surface area contributed by atoms with Crippen molar-refractivity contribution in [3.8, 4) is 11.5 Å². The van der Waals surface area contributed by atoms with E-state index >= 15 is 0 Å². The molecule has 0 aliphatic heterocycles. The third-order valence-electron chi connectivity index (χ3n) is 4.65. The number of aromatic nitrogens is 2. The first-order valence-electron chi connectivity index (χ1n) is 9.25. The highest BCUT2D eigenvalue weighted by molar-refractivity contribution is 5.92.